The number of nitrogens with zero attached hydrogens (tertiary/aromatic N) is 1. The first-order valence-corrected chi connectivity index (χ1v) is 14.3. The van der Waals surface area contributed by atoms with Crippen molar-refractivity contribution in [1.29, 1.82) is 0 Å². The summed E-state index contributed by atoms with van der Waals surface area (Å²) in [5.74, 6) is 1.25. The minimum absolute atomic E-state index is 0.143. The predicted molar refractivity (Wildman–Crippen MR) is 138 cm³/mol. The highest BCUT2D eigenvalue weighted by Gasteiger charge is 2.35. The van der Waals surface area contributed by atoms with Gasteiger partial charge in [-0.15, -0.1) is 35.3 Å². The van der Waals surface area contributed by atoms with Gasteiger partial charge in [0.05, 0.1) is 11.4 Å². The van der Waals surface area contributed by atoms with E-state index in [0.717, 1.165) is 18.1 Å². The summed E-state index contributed by atoms with van der Waals surface area (Å²) in [6, 6.07) is 15.4. The number of thioether (sulfide) groups is 3. The third-order valence-corrected chi connectivity index (χ3v) is 9.22. The fraction of sp³-hybridized carbons (Fsp3) is 0.480. The molecule has 1 atom stereocenters. The summed E-state index contributed by atoms with van der Waals surface area (Å²) in [4.78, 5) is 16.1. The van der Waals surface area contributed by atoms with Gasteiger partial charge in [-0.3, -0.25) is 4.79 Å². The maximum absolute atomic E-state index is 11.0. The number of fused-ring (bicyclic) bond motifs is 1. The second kappa shape index (κ2) is 11.6. The summed E-state index contributed by atoms with van der Waals surface area (Å²) in [5, 5.41) is 9.03. The molecule has 2 aromatic rings. The van der Waals surface area contributed by atoms with Crippen LogP contribution in [0.3, 0.4) is 0 Å². The van der Waals surface area contributed by atoms with Gasteiger partial charge in [-0.05, 0) is 54.3 Å². The summed E-state index contributed by atoms with van der Waals surface area (Å²) in [6.07, 6.45) is 7.03. The highest BCUT2D eigenvalue weighted by atomic mass is 32.2. The molecule has 3 rings (SSSR count). The number of benzene rings is 2. The van der Waals surface area contributed by atoms with E-state index in [1.165, 1.54) is 64.2 Å². The van der Waals surface area contributed by atoms with Crippen LogP contribution >= 0.6 is 35.3 Å². The Morgan fingerprint density at radius 2 is 2.00 bits per heavy atom. The minimum Gasteiger partial charge on any atom is -0.481 e. The van der Waals surface area contributed by atoms with Crippen LogP contribution in [-0.4, -0.2) is 35.4 Å². The number of hydrogen-bond acceptors (Lipinski definition) is 5. The van der Waals surface area contributed by atoms with Gasteiger partial charge in [0.15, 0.2) is 0 Å². The first-order valence-electron chi connectivity index (χ1n) is 11.0. The maximum Gasteiger partial charge on any atom is 0.313 e. The molecule has 3 nitrogen and oxygen atoms in total. The molecule has 0 fully saturated rings. The molecule has 0 aromatic heterocycles. The van der Waals surface area contributed by atoms with E-state index < -0.39 is 5.97 Å². The Labute approximate surface area is 199 Å². The molecule has 0 bridgehead atoms. The highest BCUT2D eigenvalue weighted by molar-refractivity contribution is 8.00. The second-order valence-corrected chi connectivity index (χ2v) is 11.0. The molecule has 31 heavy (non-hydrogen) atoms. The molecule has 0 saturated heterocycles. The van der Waals surface area contributed by atoms with Crippen molar-refractivity contribution in [1.82, 2.24) is 0 Å². The Balaban J connectivity index is 2.03. The number of unbranched alkanes of at least 4 members (excludes halogenated alkanes) is 1. The molecule has 0 spiro atoms. The maximum atomic E-state index is 11.0. The number of hydrogen-bond donors (Lipinski definition) is 1. The van der Waals surface area contributed by atoms with Crippen LogP contribution in [0, 0.1) is 5.41 Å². The lowest BCUT2D eigenvalue weighted by atomic mass is 9.81. The monoisotopic (exact) mass is 475 g/mol. The first-order chi connectivity index (χ1) is 15.0. The zero-order chi connectivity index (χ0) is 22.3. The summed E-state index contributed by atoms with van der Waals surface area (Å²) in [7, 11) is 0. The lowest BCUT2D eigenvalue weighted by molar-refractivity contribution is -0.133. The zero-order valence-electron chi connectivity index (χ0n) is 18.7. The van der Waals surface area contributed by atoms with E-state index in [0.29, 0.717) is 0 Å². The standard InChI is InChI=1S/C25H33NO2S3/c1-4-6-12-25(5-2)17-26(20-10-8-7-9-11-20)21-14-22(29-3)19(13-23(21)31-18-25)15-30-16-24(27)28/h7-11,13-14H,4-6,12,15-18H2,1-3H3,(H,27,28). The van der Waals surface area contributed by atoms with Crippen molar-refractivity contribution in [2.75, 3.05) is 29.2 Å². The summed E-state index contributed by atoms with van der Waals surface area (Å²) in [6.45, 7) is 5.66. The Kier molecular flexibility index (Phi) is 9.11. The van der Waals surface area contributed by atoms with Crippen molar-refractivity contribution in [3.8, 4) is 0 Å². The van der Waals surface area contributed by atoms with Crippen LogP contribution in [-0.2, 0) is 10.5 Å². The van der Waals surface area contributed by atoms with Crippen molar-refractivity contribution in [2.45, 2.75) is 55.1 Å². The fourth-order valence-corrected chi connectivity index (χ4v) is 6.99. The summed E-state index contributed by atoms with van der Waals surface area (Å²) in [5.41, 5.74) is 4.07. The van der Waals surface area contributed by atoms with Gasteiger partial charge in [0, 0.05) is 33.5 Å². The van der Waals surface area contributed by atoms with Crippen molar-refractivity contribution in [2.24, 2.45) is 5.41 Å². The minimum atomic E-state index is -0.751. The number of carboxylic acid groups (broad SMARTS) is 1. The lowest BCUT2D eigenvalue weighted by Crippen LogP contribution is -2.36. The average molecular weight is 476 g/mol. The van der Waals surface area contributed by atoms with Gasteiger partial charge >= 0.3 is 5.97 Å². The molecule has 1 unspecified atom stereocenters. The van der Waals surface area contributed by atoms with E-state index in [1.54, 1.807) is 11.8 Å². The van der Waals surface area contributed by atoms with Crippen molar-refractivity contribution in [3.05, 3.63) is 48.0 Å². The topological polar surface area (TPSA) is 40.5 Å². The Bertz CT molecular complexity index is 875. The van der Waals surface area contributed by atoms with Crippen LogP contribution in [0.2, 0.25) is 0 Å². The molecule has 0 aliphatic carbocycles. The van der Waals surface area contributed by atoms with Crippen molar-refractivity contribution >= 4 is 52.6 Å². The molecule has 1 heterocycles. The second-order valence-electron chi connectivity index (χ2n) is 8.19. The van der Waals surface area contributed by atoms with E-state index in [1.807, 2.05) is 11.8 Å². The molecule has 2 aromatic carbocycles. The molecule has 1 aliphatic rings. The van der Waals surface area contributed by atoms with Crippen LogP contribution in [0.4, 0.5) is 11.4 Å². The SMILES string of the molecule is CCCCC1(CC)CSc2cc(CSCC(=O)O)c(SC)cc2N(c2ccccc2)C1. The van der Waals surface area contributed by atoms with E-state index in [-0.39, 0.29) is 11.2 Å². The number of aliphatic carboxylic acids is 1. The largest absolute Gasteiger partial charge is 0.481 e. The van der Waals surface area contributed by atoms with Crippen LogP contribution in [0.5, 0.6) is 0 Å². The molecule has 0 amide bonds. The number of anilines is 2. The van der Waals surface area contributed by atoms with Crippen LogP contribution in [0.15, 0.2) is 52.3 Å². The van der Waals surface area contributed by atoms with Crippen LogP contribution in [0.1, 0.15) is 45.1 Å². The van der Waals surface area contributed by atoms with E-state index in [2.05, 4.69) is 67.5 Å². The third-order valence-electron chi connectivity index (χ3n) is 6.04. The van der Waals surface area contributed by atoms with Crippen molar-refractivity contribution in [3.63, 3.8) is 0 Å². The number of carboxylic acids is 1. The summed E-state index contributed by atoms with van der Waals surface area (Å²) < 4.78 is 0. The highest BCUT2D eigenvalue weighted by Crippen LogP contribution is 2.48. The van der Waals surface area contributed by atoms with E-state index in [4.69, 9.17) is 5.11 Å². The van der Waals surface area contributed by atoms with Crippen LogP contribution < -0.4 is 4.90 Å². The van der Waals surface area contributed by atoms with Crippen LogP contribution in [0.25, 0.3) is 0 Å². The Morgan fingerprint density at radius 1 is 1.23 bits per heavy atom. The van der Waals surface area contributed by atoms with E-state index in [9.17, 15) is 4.79 Å². The molecule has 0 radical (unpaired) electrons. The van der Waals surface area contributed by atoms with Gasteiger partial charge in [-0.2, -0.15) is 0 Å². The molecule has 6 heteroatoms. The number of carbonyl (C=O) groups is 1. The smallest absolute Gasteiger partial charge is 0.313 e. The lowest BCUT2D eigenvalue weighted by Gasteiger charge is -2.37. The quantitative estimate of drug-likeness (QED) is 0.358. The molecular formula is C25H33NO2S3. The van der Waals surface area contributed by atoms with Gasteiger partial charge < -0.3 is 10.0 Å². The molecule has 0 saturated carbocycles. The fourth-order valence-electron chi connectivity index (χ4n) is 4.10. The summed E-state index contributed by atoms with van der Waals surface area (Å²) >= 11 is 5.22. The van der Waals surface area contributed by atoms with Gasteiger partial charge in [0.1, 0.15) is 0 Å². The molecule has 1 N–H and O–H groups in total. The normalized spacial score (nSPS) is 18.5. The van der Waals surface area contributed by atoms with Crippen molar-refractivity contribution < 1.29 is 9.90 Å². The first kappa shape index (κ1) is 24.4. The molecule has 168 valence electrons. The predicted octanol–water partition coefficient (Wildman–Crippen LogP) is 7.56. The average Bonchev–Trinajstić information content (AvgIpc) is 2.95. The van der Waals surface area contributed by atoms with Gasteiger partial charge in [-0.1, -0.05) is 44.9 Å². The Morgan fingerprint density at radius 3 is 2.65 bits per heavy atom. The van der Waals surface area contributed by atoms with E-state index >= 15 is 0 Å². The molecule has 1 aliphatic heterocycles. The van der Waals surface area contributed by atoms with Gasteiger partial charge in [-0.25, -0.2) is 0 Å². The zero-order valence-corrected chi connectivity index (χ0v) is 21.2. The number of para-hydroxylation sites is 1. The van der Waals surface area contributed by atoms with Gasteiger partial charge in [0.25, 0.3) is 0 Å². The van der Waals surface area contributed by atoms with Gasteiger partial charge in [0.2, 0.25) is 0 Å². The number of rotatable bonds is 10. The molecular weight excluding hydrogens is 442 g/mol. The Hall–Kier alpha value is -1.24. The third kappa shape index (κ3) is 6.17.